The Kier molecular flexibility index (Phi) is 5.93. The predicted molar refractivity (Wildman–Crippen MR) is 115 cm³/mol. The Bertz CT molecular complexity index is 1060. The van der Waals surface area contributed by atoms with Gasteiger partial charge >= 0.3 is 0 Å². The summed E-state index contributed by atoms with van der Waals surface area (Å²) in [6.45, 7) is 10.9. The molecule has 136 valence electrons. The molecule has 0 aliphatic rings. The molecular weight excluding hydrogens is 328 g/mol. The maximum Gasteiger partial charge on any atom is 0.129 e. The van der Waals surface area contributed by atoms with Crippen LogP contribution in [0.4, 0.5) is 0 Å². The summed E-state index contributed by atoms with van der Waals surface area (Å²) in [5.74, 6) is 0.849. The van der Waals surface area contributed by atoms with Gasteiger partial charge in [-0.05, 0) is 48.3 Å². The summed E-state index contributed by atoms with van der Waals surface area (Å²) in [6, 6.07) is 25.2. The molecule has 27 heavy (non-hydrogen) atoms. The molecule has 3 rings (SSSR count). The third-order valence-electron chi connectivity index (χ3n) is 4.58. The maximum atomic E-state index is 6.23. The van der Waals surface area contributed by atoms with Crippen LogP contribution in [0.25, 0.3) is 23.0 Å². The normalized spacial score (nSPS) is 12.6. The molecule has 3 aromatic carbocycles. The fourth-order valence-corrected chi connectivity index (χ4v) is 3.30. The average Bonchev–Trinajstić information content (AvgIpc) is 2.68. The van der Waals surface area contributed by atoms with Crippen LogP contribution in [0.5, 0.6) is 0 Å². The Morgan fingerprint density at radius 1 is 0.963 bits per heavy atom. The van der Waals surface area contributed by atoms with Gasteiger partial charge < -0.3 is 4.74 Å². The van der Waals surface area contributed by atoms with Crippen LogP contribution in [-0.2, 0) is 11.3 Å². The molecule has 0 bridgehead atoms. The fourth-order valence-electron chi connectivity index (χ4n) is 3.30. The molecule has 0 aliphatic heterocycles. The molecule has 0 spiro atoms. The van der Waals surface area contributed by atoms with E-state index in [4.69, 9.17) is 4.74 Å². The number of rotatable bonds is 5. The average molecular weight is 354 g/mol. The van der Waals surface area contributed by atoms with E-state index in [1.54, 1.807) is 0 Å². The molecule has 3 aromatic rings. The lowest BCUT2D eigenvalue weighted by Gasteiger charge is -2.13. The van der Waals surface area contributed by atoms with E-state index in [-0.39, 0.29) is 0 Å². The molecule has 0 unspecified atom stereocenters. The highest BCUT2D eigenvalue weighted by molar-refractivity contribution is 5.68. The van der Waals surface area contributed by atoms with Crippen molar-refractivity contribution in [3.63, 3.8) is 0 Å². The van der Waals surface area contributed by atoms with Gasteiger partial charge in [-0.1, -0.05) is 91.0 Å². The van der Waals surface area contributed by atoms with Gasteiger partial charge in [0.05, 0.1) is 0 Å². The zero-order chi connectivity index (χ0) is 19.2. The molecule has 0 aromatic heterocycles. The van der Waals surface area contributed by atoms with Crippen molar-refractivity contribution in [2.24, 2.45) is 0 Å². The zero-order valence-electron chi connectivity index (χ0n) is 16.3. The highest BCUT2D eigenvalue weighted by Gasteiger charge is 2.07. The van der Waals surface area contributed by atoms with E-state index in [9.17, 15) is 0 Å². The standard InChI is InChI=1S/C26H26O/c1-5-23-24(22-14-9-11-20(4)17-22)15-10-16-25(23)26(19(2)3)27-18-21-12-7-6-8-13-21/h5-17H,2,18H2,1,3-4H3/b23-5-,26-25+. The summed E-state index contributed by atoms with van der Waals surface area (Å²) in [5, 5.41) is 2.26. The van der Waals surface area contributed by atoms with Gasteiger partial charge in [0, 0.05) is 5.22 Å². The van der Waals surface area contributed by atoms with Crippen LogP contribution in [0.15, 0.2) is 84.9 Å². The molecule has 0 heterocycles. The van der Waals surface area contributed by atoms with Gasteiger partial charge in [-0.25, -0.2) is 0 Å². The second-order valence-electron chi connectivity index (χ2n) is 6.81. The van der Waals surface area contributed by atoms with Crippen molar-refractivity contribution in [1.82, 2.24) is 0 Å². The fraction of sp³-hybridized carbons (Fsp3) is 0.154. The molecular formula is C26H26O. The van der Waals surface area contributed by atoms with E-state index in [2.05, 4.69) is 81.1 Å². The SMILES string of the molecule is C=C(C)/C(OCc1ccccc1)=c1/cccc(-c2cccc(C)c2)/c1=C/C. The second-order valence-corrected chi connectivity index (χ2v) is 6.81. The second kappa shape index (κ2) is 8.55. The third-order valence-corrected chi connectivity index (χ3v) is 4.58. The minimum absolute atomic E-state index is 0.529. The lowest BCUT2D eigenvalue weighted by atomic mass is 9.99. The quantitative estimate of drug-likeness (QED) is 0.599. The molecule has 0 saturated heterocycles. The lowest BCUT2D eigenvalue weighted by Crippen LogP contribution is -2.29. The highest BCUT2D eigenvalue weighted by atomic mass is 16.5. The van der Waals surface area contributed by atoms with Crippen molar-refractivity contribution in [2.45, 2.75) is 27.4 Å². The Hall–Kier alpha value is -3.06. The van der Waals surface area contributed by atoms with Gasteiger partial charge in [-0.15, -0.1) is 0 Å². The summed E-state index contributed by atoms with van der Waals surface area (Å²) in [6.07, 6.45) is 2.15. The first kappa shape index (κ1) is 18.7. The lowest BCUT2D eigenvalue weighted by molar-refractivity contribution is 0.261. The van der Waals surface area contributed by atoms with Gasteiger partial charge in [-0.2, -0.15) is 0 Å². The monoisotopic (exact) mass is 354 g/mol. The number of hydrogen-bond donors (Lipinski definition) is 0. The minimum atomic E-state index is 0.529. The van der Waals surface area contributed by atoms with Crippen molar-refractivity contribution < 1.29 is 4.74 Å². The molecule has 0 aliphatic carbocycles. The zero-order valence-corrected chi connectivity index (χ0v) is 16.3. The Morgan fingerprint density at radius 3 is 2.37 bits per heavy atom. The first-order chi connectivity index (χ1) is 13.1. The molecule has 0 atom stereocenters. The largest absolute Gasteiger partial charge is 0.488 e. The molecule has 0 fully saturated rings. The van der Waals surface area contributed by atoms with E-state index in [0.717, 1.165) is 22.1 Å². The van der Waals surface area contributed by atoms with Crippen LogP contribution >= 0.6 is 0 Å². The number of hydrogen-bond acceptors (Lipinski definition) is 1. The molecule has 0 radical (unpaired) electrons. The first-order valence-corrected chi connectivity index (χ1v) is 9.29. The first-order valence-electron chi connectivity index (χ1n) is 9.29. The minimum Gasteiger partial charge on any atom is -0.488 e. The van der Waals surface area contributed by atoms with Gasteiger partial charge in [0.25, 0.3) is 0 Å². The van der Waals surface area contributed by atoms with Crippen molar-refractivity contribution in [1.29, 1.82) is 0 Å². The van der Waals surface area contributed by atoms with E-state index >= 15 is 0 Å². The Labute approximate surface area is 162 Å². The predicted octanol–water partition coefficient (Wildman–Crippen LogP) is 5.36. The maximum absolute atomic E-state index is 6.23. The van der Waals surface area contributed by atoms with Crippen molar-refractivity contribution in [3.8, 4) is 11.1 Å². The summed E-state index contributed by atoms with van der Waals surface area (Å²) >= 11 is 0. The summed E-state index contributed by atoms with van der Waals surface area (Å²) in [5.41, 5.74) is 5.75. The van der Waals surface area contributed by atoms with Crippen molar-refractivity contribution in [2.75, 3.05) is 0 Å². The van der Waals surface area contributed by atoms with Crippen LogP contribution < -0.4 is 10.4 Å². The van der Waals surface area contributed by atoms with E-state index in [1.807, 2.05) is 25.1 Å². The van der Waals surface area contributed by atoms with Crippen molar-refractivity contribution in [3.05, 3.63) is 107 Å². The molecule has 1 nitrogen and oxygen atoms in total. The summed E-state index contributed by atoms with van der Waals surface area (Å²) in [7, 11) is 0. The number of benzene rings is 3. The number of aryl methyl sites for hydroxylation is 1. The van der Waals surface area contributed by atoms with Crippen LogP contribution in [0.2, 0.25) is 0 Å². The third kappa shape index (κ3) is 4.38. The Morgan fingerprint density at radius 2 is 1.70 bits per heavy atom. The van der Waals surface area contributed by atoms with Gasteiger partial charge in [0.1, 0.15) is 12.4 Å². The van der Waals surface area contributed by atoms with Gasteiger partial charge in [0.2, 0.25) is 0 Å². The van der Waals surface area contributed by atoms with E-state index < -0.39 is 0 Å². The van der Waals surface area contributed by atoms with Crippen molar-refractivity contribution >= 4 is 11.8 Å². The van der Waals surface area contributed by atoms with E-state index in [1.165, 1.54) is 21.9 Å². The van der Waals surface area contributed by atoms with Gasteiger partial charge in [0.15, 0.2) is 0 Å². The van der Waals surface area contributed by atoms with Crippen LogP contribution in [-0.4, -0.2) is 0 Å². The van der Waals surface area contributed by atoms with Gasteiger partial charge in [-0.3, -0.25) is 0 Å². The topological polar surface area (TPSA) is 9.23 Å². The number of ether oxygens (including phenoxy) is 1. The summed E-state index contributed by atoms with van der Waals surface area (Å²) < 4.78 is 6.23. The van der Waals surface area contributed by atoms with Crippen LogP contribution in [0.1, 0.15) is 25.0 Å². The summed E-state index contributed by atoms with van der Waals surface area (Å²) in [4.78, 5) is 0. The van der Waals surface area contributed by atoms with Crippen LogP contribution in [0, 0.1) is 6.92 Å². The smallest absolute Gasteiger partial charge is 0.129 e. The molecule has 0 amide bonds. The molecule has 0 N–H and O–H groups in total. The van der Waals surface area contributed by atoms with E-state index in [0.29, 0.717) is 6.61 Å². The van der Waals surface area contributed by atoms with Crippen LogP contribution in [0.3, 0.4) is 0 Å². The highest BCUT2D eigenvalue weighted by Crippen LogP contribution is 2.17. The molecule has 1 heteroatoms. The molecule has 0 saturated carbocycles. The Balaban J connectivity index is 2.14.